The van der Waals surface area contributed by atoms with Crippen LogP contribution in [0.1, 0.15) is 99.7 Å². The molecule has 0 aromatic heterocycles. The van der Waals surface area contributed by atoms with Crippen molar-refractivity contribution in [1.29, 1.82) is 0 Å². The minimum absolute atomic E-state index is 0.157. The minimum atomic E-state index is -0.201. The van der Waals surface area contributed by atoms with Crippen molar-refractivity contribution in [2.75, 3.05) is 31.6 Å². The number of carbonyl (C=O) groups excluding carboxylic acids is 4. The van der Waals surface area contributed by atoms with Crippen LogP contribution in [0.4, 0.5) is 0 Å². The fraction of sp³-hybridized carbons (Fsp3) is 0.389. The van der Waals surface area contributed by atoms with Crippen LogP contribution in [0, 0.1) is 0 Å². The number of rotatable bonds is 16. The zero-order valence-electron chi connectivity index (χ0n) is 25.8. The molecule has 0 radical (unpaired) electrons. The topological polar surface area (TPSA) is 93.2 Å². The van der Waals surface area contributed by atoms with Gasteiger partial charge in [0, 0.05) is 18.4 Å². The van der Waals surface area contributed by atoms with E-state index in [1.807, 2.05) is 24.3 Å². The smallest absolute Gasteiger partial charge is 0.261 e. The molecule has 0 saturated heterocycles. The van der Waals surface area contributed by atoms with E-state index < -0.39 is 0 Å². The van der Waals surface area contributed by atoms with E-state index in [-0.39, 0.29) is 23.6 Å². The second-order valence-electron chi connectivity index (χ2n) is 10.9. The van der Waals surface area contributed by atoms with Gasteiger partial charge in [-0.05, 0) is 68.5 Å². The molecule has 45 heavy (non-hydrogen) atoms. The predicted octanol–water partition coefficient (Wildman–Crippen LogP) is 7.56. The van der Waals surface area contributed by atoms with Gasteiger partial charge in [-0.2, -0.15) is 0 Å². The van der Waals surface area contributed by atoms with Crippen molar-refractivity contribution in [1.82, 2.24) is 9.80 Å². The lowest BCUT2D eigenvalue weighted by Gasteiger charge is -2.15. The fourth-order valence-electron chi connectivity index (χ4n) is 5.20. The van der Waals surface area contributed by atoms with Crippen molar-refractivity contribution in [2.24, 2.45) is 0 Å². The Kier molecular flexibility index (Phi) is 13.2. The molecule has 0 fully saturated rings. The van der Waals surface area contributed by atoms with Gasteiger partial charge in [0.1, 0.15) is 0 Å². The number of ether oxygens (including phenoxy) is 2. The number of fused-ring (bicyclic) bond motifs is 2. The predicted molar refractivity (Wildman–Crippen MR) is 177 cm³/mol. The Labute approximate surface area is 273 Å². The van der Waals surface area contributed by atoms with Crippen LogP contribution in [-0.4, -0.2) is 65.1 Å². The lowest BCUT2D eigenvalue weighted by Crippen LogP contribution is -2.30. The van der Waals surface area contributed by atoms with Crippen molar-refractivity contribution in [3.63, 3.8) is 0 Å². The highest BCUT2D eigenvalue weighted by molar-refractivity contribution is 9.09. The lowest BCUT2D eigenvalue weighted by molar-refractivity contribution is 0.0635. The second kappa shape index (κ2) is 17.5. The number of benzene rings is 3. The third kappa shape index (κ3) is 8.81. The van der Waals surface area contributed by atoms with E-state index in [2.05, 4.69) is 22.9 Å². The highest BCUT2D eigenvalue weighted by atomic mass is 79.9. The van der Waals surface area contributed by atoms with Gasteiger partial charge in [0.15, 0.2) is 11.5 Å². The number of hydrogen-bond acceptors (Lipinski definition) is 6. The van der Waals surface area contributed by atoms with Gasteiger partial charge in [0.25, 0.3) is 23.6 Å². The van der Waals surface area contributed by atoms with Gasteiger partial charge in [0.2, 0.25) is 0 Å². The quantitative estimate of drug-likeness (QED) is 0.0883. The van der Waals surface area contributed by atoms with E-state index in [9.17, 15) is 19.2 Å². The summed E-state index contributed by atoms with van der Waals surface area (Å²) in [5.41, 5.74) is 2.07. The first kappa shape index (κ1) is 33.9. The molecule has 238 valence electrons. The SMILES string of the molecule is CCCCCCOc1ccccc1OCCCCN1C(=O)c2ccccc2C1=O.O=C1c2ccccc2C(=O)N1CCCCBr. The third-order valence-electron chi connectivity index (χ3n) is 7.66. The van der Waals surface area contributed by atoms with E-state index in [4.69, 9.17) is 9.47 Å². The third-order valence-corrected chi connectivity index (χ3v) is 8.22. The Hall–Kier alpha value is -3.98. The molecule has 0 N–H and O–H groups in total. The van der Waals surface area contributed by atoms with E-state index in [1.165, 1.54) is 29.1 Å². The number of para-hydroxylation sites is 2. The standard InChI is InChI=1S/C24H29NO4.C12H12BrNO2/c1-2-3-4-10-17-28-21-14-7-8-15-22(21)29-18-11-9-16-25-23(26)19-12-5-6-13-20(19)24(25)27;13-7-3-4-8-14-11(15)9-5-1-2-6-10(9)12(14)16/h5-8,12-15H,2-4,9-11,16-18H2,1H3;1-2,5-6H,3-4,7-8H2. The molecule has 3 aromatic rings. The number of carbonyl (C=O) groups is 4. The van der Waals surface area contributed by atoms with Gasteiger partial charge in [-0.1, -0.05) is 78.5 Å². The largest absolute Gasteiger partial charge is 0.490 e. The monoisotopic (exact) mass is 676 g/mol. The number of halogens is 1. The highest BCUT2D eigenvalue weighted by Gasteiger charge is 2.35. The zero-order chi connectivity index (χ0) is 32.0. The maximum Gasteiger partial charge on any atom is 0.261 e. The van der Waals surface area contributed by atoms with Gasteiger partial charge < -0.3 is 9.47 Å². The highest BCUT2D eigenvalue weighted by Crippen LogP contribution is 2.27. The molecule has 9 heteroatoms. The molecule has 5 rings (SSSR count). The summed E-state index contributed by atoms with van der Waals surface area (Å²) in [5.74, 6) is 0.792. The maximum absolute atomic E-state index is 12.4. The molecular weight excluding hydrogens is 636 g/mol. The summed E-state index contributed by atoms with van der Waals surface area (Å²) in [5, 5.41) is 0.899. The van der Waals surface area contributed by atoms with E-state index >= 15 is 0 Å². The van der Waals surface area contributed by atoms with Crippen LogP contribution in [0.15, 0.2) is 72.8 Å². The van der Waals surface area contributed by atoms with Crippen LogP contribution < -0.4 is 9.47 Å². The number of unbranched alkanes of at least 4 members (excludes halogenated alkanes) is 5. The Bertz CT molecular complexity index is 1410. The second-order valence-corrected chi connectivity index (χ2v) is 11.7. The Morgan fingerprint density at radius 1 is 0.511 bits per heavy atom. The Morgan fingerprint density at radius 3 is 1.29 bits per heavy atom. The van der Waals surface area contributed by atoms with E-state index in [0.717, 1.165) is 42.5 Å². The average Bonchev–Trinajstić information content (AvgIpc) is 3.46. The summed E-state index contributed by atoms with van der Waals surface area (Å²) in [4.78, 5) is 51.2. The molecule has 3 aromatic carbocycles. The number of imide groups is 2. The van der Waals surface area contributed by atoms with Crippen LogP contribution in [0.25, 0.3) is 0 Å². The van der Waals surface area contributed by atoms with Crippen LogP contribution in [0.3, 0.4) is 0 Å². The van der Waals surface area contributed by atoms with Gasteiger partial charge in [-0.3, -0.25) is 29.0 Å². The van der Waals surface area contributed by atoms with Crippen LogP contribution in [0.2, 0.25) is 0 Å². The summed E-state index contributed by atoms with van der Waals surface area (Å²) >= 11 is 3.33. The van der Waals surface area contributed by atoms with Crippen molar-refractivity contribution in [2.45, 2.75) is 58.3 Å². The Balaban J connectivity index is 0.000000242. The average molecular weight is 678 g/mol. The van der Waals surface area contributed by atoms with Gasteiger partial charge in [-0.25, -0.2) is 0 Å². The van der Waals surface area contributed by atoms with Crippen LogP contribution in [-0.2, 0) is 0 Å². The van der Waals surface area contributed by atoms with Crippen LogP contribution in [0.5, 0.6) is 11.5 Å². The van der Waals surface area contributed by atoms with Crippen molar-refractivity contribution in [3.05, 3.63) is 95.1 Å². The fourth-order valence-corrected chi connectivity index (χ4v) is 5.60. The van der Waals surface area contributed by atoms with Crippen LogP contribution >= 0.6 is 15.9 Å². The minimum Gasteiger partial charge on any atom is -0.490 e. The number of nitrogens with zero attached hydrogens (tertiary/aromatic N) is 2. The number of alkyl halides is 1. The van der Waals surface area contributed by atoms with Crippen molar-refractivity contribution >= 4 is 39.6 Å². The zero-order valence-corrected chi connectivity index (χ0v) is 27.4. The molecule has 2 aliphatic rings. The van der Waals surface area contributed by atoms with Gasteiger partial charge in [-0.15, -0.1) is 0 Å². The summed E-state index contributed by atoms with van der Waals surface area (Å²) < 4.78 is 11.7. The Morgan fingerprint density at radius 2 is 0.889 bits per heavy atom. The van der Waals surface area contributed by atoms with Gasteiger partial charge >= 0.3 is 0 Å². The summed E-state index contributed by atoms with van der Waals surface area (Å²) in [7, 11) is 0. The molecule has 8 nitrogen and oxygen atoms in total. The van der Waals surface area contributed by atoms with E-state index in [1.54, 1.807) is 48.5 Å². The molecule has 0 saturated carbocycles. The molecule has 0 atom stereocenters. The maximum atomic E-state index is 12.4. The molecular formula is C36H41BrN2O6. The molecule has 0 aliphatic carbocycles. The van der Waals surface area contributed by atoms with Crippen molar-refractivity contribution < 1.29 is 28.7 Å². The summed E-state index contributed by atoms with van der Waals surface area (Å²) in [6, 6.07) is 21.7. The first-order valence-electron chi connectivity index (χ1n) is 15.8. The van der Waals surface area contributed by atoms with E-state index in [0.29, 0.717) is 55.0 Å². The molecule has 0 spiro atoms. The summed E-state index contributed by atoms with van der Waals surface area (Å²) in [6.45, 7) is 4.32. The first-order valence-corrected chi connectivity index (χ1v) is 16.9. The summed E-state index contributed by atoms with van der Waals surface area (Å²) in [6.07, 6.45) is 7.92. The van der Waals surface area contributed by atoms with Gasteiger partial charge in [0.05, 0.1) is 35.5 Å². The number of amides is 4. The normalized spacial score (nSPS) is 13.5. The lowest BCUT2D eigenvalue weighted by atomic mass is 10.1. The molecule has 2 aliphatic heterocycles. The first-order chi connectivity index (χ1) is 22.0. The molecule has 4 amide bonds. The molecule has 2 heterocycles. The number of hydrogen-bond donors (Lipinski definition) is 0. The van der Waals surface area contributed by atoms with Crippen molar-refractivity contribution in [3.8, 4) is 11.5 Å². The molecule has 0 bridgehead atoms. The molecule has 0 unspecified atom stereocenters.